The fraction of sp³-hybridized carbons (Fsp3) is 0. The van der Waals surface area contributed by atoms with Crippen molar-refractivity contribution in [1.82, 2.24) is 0 Å². The lowest BCUT2D eigenvalue weighted by Crippen LogP contribution is -2.14. The number of hydrogen-bond acceptors (Lipinski definition) is 4. The van der Waals surface area contributed by atoms with Crippen molar-refractivity contribution in [1.29, 1.82) is 5.26 Å². The number of anilines is 2. The van der Waals surface area contributed by atoms with Crippen LogP contribution in [0.3, 0.4) is 0 Å². The Kier molecular flexibility index (Phi) is 4.16. The van der Waals surface area contributed by atoms with Crippen LogP contribution in [0.1, 0.15) is 5.56 Å². The van der Waals surface area contributed by atoms with E-state index in [4.69, 9.17) is 11.0 Å². The molecule has 8 heteroatoms. The second-order valence-electron chi connectivity index (χ2n) is 4.10. The number of halogens is 2. The predicted molar refractivity (Wildman–Crippen MR) is 80.5 cm³/mol. The third-order valence-electron chi connectivity index (χ3n) is 2.61. The minimum absolute atomic E-state index is 0.0651. The van der Waals surface area contributed by atoms with E-state index in [9.17, 15) is 12.8 Å². The van der Waals surface area contributed by atoms with Crippen LogP contribution in [-0.2, 0) is 10.0 Å². The Hall–Kier alpha value is -2.11. The molecule has 0 spiro atoms. The molecule has 2 aromatic carbocycles. The molecule has 0 atom stereocenters. The van der Waals surface area contributed by atoms with Gasteiger partial charge in [0, 0.05) is 10.2 Å². The molecular formula is C13H9BrFN3O2S. The Labute approximate surface area is 129 Å². The van der Waals surface area contributed by atoms with Crippen LogP contribution in [0.15, 0.2) is 45.8 Å². The summed E-state index contributed by atoms with van der Waals surface area (Å²) in [5.74, 6) is -0.709. The van der Waals surface area contributed by atoms with E-state index >= 15 is 0 Å². The summed E-state index contributed by atoms with van der Waals surface area (Å²) < 4.78 is 40.2. The number of nitrogens with two attached hydrogens (primary N) is 1. The molecule has 2 aromatic rings. The van der Waals surface area contributed by atoms with Crippen LogP contribution < -0.4 is 10.5 Å². The maximum absolute atomic E-state index is 13.3. The summed E-state index contributed by atoms with van der Waals surface area (Å²) in [6, 6.07) is 9.82. The molecule has 0 heterocycles. The van der Waals surface area contributed by atoms with Crippen LogP contribution >= 0.6 is 15.9 Å². The second kappa shape index (κ2) is 5.71. The van der Waals surface area contributed by atoms with Crippen molar-refractivity contribution in [2.75, 3.05) is 10.5 Å². The molecule has 0 saturated carbocycles. The third kappa shape index (κ3) is 3.32. The molecule has 0 fully saturated rings. The SMILES string of the molecule is N#Cc1ccc(NS(=O)(=O)c2cc(N)c(F)cc2Br)cc1. The Bertz CT molecular complexity index is 830. The van der Waals surface area contributed by atoms with Gasteiger partial charge in [-0.25, -0.2) is 12.8 Å². The molecule has 0 saturated heterocycles. The molecule has 0 aliphatic rings. The van der Waals surface area contributed by atoms with Gasteiger partial charge in [-0.1, -0.05) is 0 Å². The minimum Gasteiger partial charge on any atom is -0.396 e. The third-order valence-corrected chi connectivity index (χ3v) is 4.95. The Morgan fingerprint density at radius 3 is 2.43 bits per heavy atom. The van der Waals surface area contributed by atoms with Gasteiger partial charge in [0.05, 0.1) is 17.3 Å². The smallest absolute Gasteiger partial charge is 0.263 e. The molecule has 0 amide bonds. The first-order chi connectivity index (χ1) is 9.83. The lowest BCUT2D eigenvalue weighted by atomic mass is 10.2. The lowest BCUT2D eigenvalue weighted by molar-refractivity contribution is 0.599. The summed E-state index contributed by atoms with van der Waals surface area (Å²) in [4.78, 5) is -0.175. The zero-order valence-corrected chi connectivity index (χ0v) is 12.9. The van der Waals surface area contributed by atoms with Gasteiger partial charge >= 0.3 is 0 Å². The summed E-state index contributed by atoms with van der Waals surface area (Å²) in [5, 5.41) is 8.69. The zero-order valence-electron chi connectivity index (χ0n) is 10.5. The van der Waals surface area contributed by atoms with Gasteiger partial charge in [-0.3, -0.25) is 4.72 Å². The molecule has 21 heavy (non-hydrogen) atoms. The van der Waals surface area contributed by atoms with Crippen molar-refractivity contribution in [3.63, 3.8) is 0 Å². The number of nitrogens with zero attached hydrogens (tertiary/aromatic N) is 1. The standard InChI is InChI=1S/C13H9BrFN3O2S/c14-10-5-11(15)12(17)6-13(10)21(19,20)18-9-3-1-8(7-16)2-4-9/h1-6,18H,17H2. The highest BCUT2D eigenvalue weighted by molar-refractivity contribution is 9.10. The number of benzene rings is 2. The lowest BCUT2D eigenvalue weighted by Gasteiger charge is -2.10. The summed E-state index contributed by atoms with van der Waals surface area (Å²) in [6.45, 7) is 0. The molecule has 0 aliphatic carbocycles. The Morgan fingerprint density at radius 2 is 1.86 bits per heavy atom. The molecular weight excluding hydrogens is 361 g/mol. The van der Waals surface area contributed by atoms with Crippen molar-refractivity contribution >= 4 is 37.3 Å². The normalized spacial score (nSPS) is 10.9. The summed E-state index contributed by atoms with van der Waals surface area (Å²) in [7, 11) is -3.93. The van der Waals surface area contributed by atoms with Crippen LogP contribution in [0.2, 0.25) is 0 Å². The molecule has 0 aromatic heterocycles. The summed E-state index contributed by atoms with van der Waals surface area (Å²) in [6.07, 6.45) is 0. The van der Waals surface area contributed by atoms with Gasteiger partial charge < -0.3 is 5.73 Å². The summed E-state index contributed by atoms with van der Waals surface area (Å²) in [5.41, 5.74) is 5.82. The highest BCUT2D eigenvalue weighted by Gasteiger charge is 2.20. The fourth-order valence-electron chi connectivity index (χ4n) is 1.57. The molecule has 0 radical (unpaired) electrons. The van der Waals surface area contributed by atoms with Gasteiger partial charge in [-0.15, -0.1) is 0 Å². The maximum Gasteiger partial charge on any atom is 0.263 e. The van der Waals surface area contributed by atoms with Crippen molar-refractivity contribution in [2.24, 2.45) is 0 Å². The molecule has 0 unspecified atom stereocenters. The molecule has 0 bridgehead atoms. The van der Waals surface area contributed by atoms with E-state index in [-0.39, 0.29) is 20.7 Å². The predicted octanol–water partition coefficient (Wildman–Crippen LogP) is 2.84. The van der Waals surface area contributed by atoms with Crippen molar-refractivity contribution in [3.05, 3.63) is 52.3 Å². The van der Waals surface area contributed by atoms with Gasteiger partial charge in [0.25, 0.3) is 10.0 Å². The highest BCUT2D eigenvalue weighted by Crippen LogP contribution is 2.28. The number of nitriles is 1. The number of rotatable bonds is 3. The van der Waals surface area contributed by atoms with Crippen LogP contribution in [0.4, 0.5) is 15.8 Å². The van der Waals surface area contributed by atoms with Crippen molar-refractivity contribution in [3.8, 4) is 6.07 Å². The first-order valence-corrected chi connectivity index (χ1v) is 7.88. The zero-order chi connectivity index (χ0) is 15.6. The van der Waals surface area contributed by atoms with Crippen molar-refractivity contribution < 1.29 is 12.8 Å². The molecule has 2 rings (SSSR count). The van der Waals surface area contributed by atoms with Gasteiger partial charge in [-0.05, 0) is 52.3 Å². The largest absolute Gasteiger partial charge is 0.396 e. The van der Waals surface area contributed by atoms with E-state index in [1.54, 1.807) is 0 Å². The minimum atomic E-state index is -3.93. The average molecular weight is 370 g/mol. The van der Waals surface area contributed by atoms with E-state index in [1.165, 1.54) is 24.3 Å². The quantitative estimate of drug-likeness (QED) is 0.812. The van der Waals surface area contributed by atoms with Gasteiger partial charge in [0.15, 0.2) is 0 Å². The van der Waals surface area contributed by atoms with Gasteiger partial charge in [0.2, 0.25) is 0 Å². The topological polar surface area (TPSA) is 96.0 Å². The number of nitrogens with one attached hydrogen (secondary N) is 1. The highest BCUT2D eigenvalue weighted by atomic mass is 79.9. The first kappa shape index (κ1) is 15.3. The van der Waals surface area contributed by atoms with Crippen LogP contribution in [0.25, 0.3) is 0 Å². The Morgan fingerprint density at radius 1 is 1.24 bits per heavy atom. The van der Waals surface area contributed by atoms with E-state index in [2.05, 4.69) is 20.7 Å². The van der Waals surface area contributed by atoms with E-state index < -0.39 is 15.8 Å². The number of nitrogen functional groups attached to an aromatic ring is 1. The number of hydrogen-bond donors (Lipinski definition) is 2. The number of sulfonamides is 1. The van der Waals surface area contributed by atoms with Crippen LogP contribution in [0, 0.1) is 17.1 Å². The summed E-state index contributed by atoms with van der Waals surface area (Å²) >= 11 is 3.00. The van der Waals surface area contributed by atoms with Crippen molar-refractivity contribution in [2.45, 2.75) is 4.90 Å². The van der Waals surface area contributed by atoms with Gasteiger partial charge in [-0.2, -0.15) is 5.26 Å². The van der Waals surface area contributed by atoms with E-state index in [0.29, 0.717) is 5.56 Å². The molecule has 0 aliphatic heterocycles. The molecule has 108 valence electrons. The second-order valence-corrected chi connectivity index (χ2v) is 6.60. The fourth-order valence-corrected chi connectivity index (χ4v) is 3.68. The van der Waals surface area contributed by atoms with E-state index in [1.807, 2.05) is 6.07 Å². The van der Waals surface area contributed by atoms with Crippen LogP contribution in [0.5, 0.6) is 0 Å². The Balaban J connectivity index is 2.38. The molecule has 3 N–H and O–H groups in total. The monoisotopic (exact) mass is 369 g/mol. The van der Waals surface area contributed by atoms with E-state index in [0.717, 1.165) is 12.1 Å². The average Bonchev–Trinajstić information content (AvgIpc) is 2.43. The van der Waals surface area contributed by atoms with Crippen LogP contribution in [-0.4, -0.2) is 8.42 Å². The van der Waals surface area contributed by atoms with Gasteiger partial charge in [0.1, 0.15) is 10.7 Å². The molecule has 5 nitrogen and oxygen atoms in total. The maximum atomic E-state index is 13.3. The first-order valence-electron chi connectivity index (χ1n) is 5.61.